The largest absolute Gasteiger partial charge is 0.492 e. The Morgan fingerprint density at radius 1 is 0.781 bits per heavy atom. The highest BCUT2D eigenvalue weighted by molar-refractivity contribution is 5.93. The molecule has 166 valence electrons. The Bertz CT molecular complexity index is 970. The Balaban J connectivity index is 1.20. The lowest BCUT2D eigenvalue weighted by Gasteiger charge is -2.34. The standard InChI is InChI=1S/C27H31N3O2/c31-27(28-26-14-8-7-11-24(26)21-23-9-3-1-4-10-23)22-30-17-15-29(16-18-30)19-20-32-25-12-5-2-6-13-25/h1-14H,15-22H2,(H,28,31). The van der Waals surface area contributed by atoms with Crippen LogP contribution < -0.4 is 10.1 Å². The third-order valence-electron chi connectivity index (χ3n) is 5.78. The predicted molar refractivity (Wildman–Crippen MR) is 129 cm³/mol. The Kier molecular flexibility index (Phi) is 7.90. The molecule has 0 spiro atoms. The first-order chi connectivity index (χ1) is 15.8. The molecule has 5 heteroatoms. The highest BCUT2D eigenvalue weighted by atomic mass is 16.5. The smallest absolute Gasteiger partial charge is 0.238 e. The Labute approximate surface area is 190 Å². The zero-order valence-corrected chi connectivity index (χ0v) is 18.5. The number of para-hydroxylation sites is 2. The van der Waals surface area contributed by atoms with Crippen molar-refractivity contribution in [2.24, 2.45) is 0 Å². The van der Waals surface area contributed by atoms with Crippen LogP contribution in [-0.2, 0) is 11.2 Å². The van der Waals surface area contributed by atoms with Crippen LogP contribution in [0.5, 0.6) is 5.75 Å². The van der Waals surface area contributed by atoms with Gasteiger partial charge in [-0.05, 0) is 35.7 Å². The summed E-state index contributed by atoms with van der Waals surface area (Å²) in [6.07, 6.45) is 0.807. The van der Waals surface area contributed by atoms with Crippen molar-refractivity contribution >= 4 is 11.6 Å². The number of carbonyl (C=O) groups excluding carboxylic acids is 1. The molecule has 1 N–H and O–H groups in total. The van der Waals surface area contributed by atoms with Gasteiger partial charge in [-0.3, -0.25) is 14.6 Å². The molecule has 0 radical (unpaired) electrons. The first-order valence-corrected chi connectivity index (χ1v) is 11.3. The number of hydrogen-bond donors (Lipinski definition) is 1. The highest BCUT2D eigenvalue weighted by Gasteiger charge is 2.19. The van der Waals surface area contributed by atoms with E-state index in [-0.39, 0.29) is 5.91 Å². The quantitative estimate of drug-likeness (QED) is 0.560. The van der Waals surface area contributed by atoms with Crippen LogP contribution in [0, 0.1) is 0 Å². The van der Waals surface area contributed by atoms with E-state index in [4.69, 9.17) is 4.74 Å². The van der Waals surface area contributed by atoms with Crippen molar-refractivity contribution in [2.45, 2.75) is 6.42 Å². The van der Waals surface area contributed by atoms with E-state index in [0.717, 1.165) is 56.1 Å². The minimum Gasteiger partial charge on any atom is -0.492 e. The van der Waals surface area contributed by atoms with Crippen LogP contribution in [0.3, 0.4) is 0 Å². The number of amides is 1. The van der Waals surface area contributed by atoms with Crippen LogP contribution in [0.4, 0.5) is 5.69 Å². The molecule has 4 rings (SSSR count). The van der Waals surface area contributed by atoms with Crippen LogP contribution in [0.2, 0.25) is 0 Å². The van der Waals surface area contributed by atoms with Gasteiger partial charge in [0.15, 0.2) is 0 Å². The molecule has 1 heterocycles. The molecule has 0 bridgehead atoms. The number of nitrogens with zero attached hydrogens (tertiary/aromatic N) is 2. The lowest BCUT2D eigenvalue weighted by molar-refractivity contribution is -0.117. The number of rotatable bonds is 9. The lowest BCUT2D eigenvalue weighted by atomic mass is 10.0. The van der Waals surface area contributed by atoms with E-state index >= 15 is 0 Å². The molecule has 0 saturated carbocycles. The number of ether oxygens (including phenoxy) is 1. The molecular formula is C27H31N3O2. The average molecular weight is 430 g/mol. The minimum absolute atomic E-state index is 0.0476. The molecule has 3 aromatic rings. The Morgan fingerprint density at radius 2 is 1.41 bits per heavy atom. The molecule has 5 nitrogen and oxygen atoms in total. The second-order valence-electron chi connectivity index (χ2n) is 8.15. The summed E-state index contributed by atoms with van der Waals surface area (Å²) in [4.78, 5) is 17.3. The maximum Gasteiger partial charge on any atom is 0.238 e. The second-order valence-corrected chi connectivity index (χ2v) is 8.15. The molecule has 3 aromatic carbocycles. The number of hydrogen-bond acceptors (Lipinski definition) is 4. The van der Waals surface area contributed by atoms with Gasteiger partial charge in [0.25, 0.3) is 0 Å². The van der Waals surface area contributed by atoms with E-state index in [2.05, 4.69) is 33.3 Å². The third-order valence-corrected chi connectivity index (χ3v) is 5.78. The molecule has 0 aliphatic carbocycles. The van der Waals surface area contributed by atoms with Gasteiger partial charge in [0.05, 0.1) is 6.54 Å². The van der Waals surface area contributed by atoms with Crippen molar-refractivity contribution in [3.05, 3.63) is 96.1 Å². The van der Waals surface area contributed by atoms with Gasteiger partial charge in [-0.25, -0.2) is 0 Å². The van der Waals surface area contributed by atoms with E-state index in [1.807, 2.05) is 66.7 Å². The SMILES string of the molecule is O=C(CN1CCN(CCOc2ccccc2)CC1)Nc1ccccc1Cc1ccccc1. The predicted octanol–water partition coefficient (Wildman–Crippen LogP) is 3.91. The van der Waals surface area contributed by atoms with Gasteiger partial charge in [-0.15, -0.1) is 0 Å². The number of piperazine rings is 1. The van der Waals surface area contributed by atoms with Crippen LogP contribution in [0.1, 0.15) is 11.1 Å². The molecule has 1 amide bonds. The molecule has 1 saturated heterocycles. The van der Waals surface area contributed by atoms with Crippen molar-refractivity contribution in [1.29, 1.82) is 0 Å². The maximum absolute atomic E-state index is 12.7. The first kappa shape index (κ1) is 22.1. The summed E-state index contributed by atoms with van der Waals surface area (Å²) in [5, 5.41) is 3.13. The van der Waals surface area contributed by atoms with Gasteiger partial charge < -0.3 is 10.1 Å². The summed E-state index contributed by atoms with van der Waals surface area (Å²) in [6.45, 7) is 5.71. The summed E-state index contributed by atoms with van der Waals surface area (Å²) in [7, 11) is 0. The molecule has 1 aliphatic heterocycles. The second kappa shape index (κ2) is 11.5. The van der Waals surface area contributed by atoms with Crippen LogP contribution in [0.25, 0.3) is 0 Å². The fraction of sp³-hybridized carbons (Fsp3) is 0.296. The average Bonchev–Trinajstić information content (AvgIpc) is 2.83. The number of anilines is 1. The van der Waals surface area contributed by atoms with Gasteiger partial charge in [0.1, 0.15) is 12.4 Å². The van der Waals surface area contributed by atoms with Crippen molar-refractivity contribution in [1.82, 2.24) is 9.80 Å². The fourth-order valence-electron chi connectivity index (χ4n) is 3.99. The molecule has 0 aromatic heterocycles. The molecule has 1 fully saturated rings. The van der Waals surface area contributed by atoms with E-state index < -0.39 is 0 Å². The zero-order chi connectivity index (χ0) is 22.0. The van der Waals surface area contributed by atoms with Crippen LogP contribution in [0.15, 0.2) is 84.9 Å². The van der Waals surface area contributed by atoms with Crippen molar-refractivity contribution in [3.63, 3.8) is 0 Å². The zero-order valence-electron chi connectivity index (χ0n) is 18.5. The first-order valence-electron chi connectivity index (χ1n) is 11.3. The summed E-state index contributed by atoms with van der Waals surface area (Å²) in [6, 6.07) is 28.3. The van der Waals surface area contributed by atoms with E-state index in [9.17, 15) is 4.79 Å². The van der Waals surface area contributed by atoms with E-state index in [1.54, 1.807) is 0 Å². The van der Waals surface area contributed by atoms with Crippen molar-refractivity contribution < 1.29 is 9.53 Å². The topological polar surface area (TPSA) is 44.8 Å². The monoisotopic (exact) mass is 429 g/mol. The van der Waals surface area contributed by atoms with E-state index in [0.29, 0.717) is 13.2 Å². The number of benzene rings is 3. The maximum atomic E-state index is 12.7. The summed E-state index contributed by atoms with van der Waals surface area (Å²) >= 11 is 0. The van der Waals surface area contributed by atoms with Crippen molar-refractivity contribution in [3.8, 4) is 5.75 Å². The fourth-order valence-corrected chi connectivity index (χ4v) is 3.99. The van der Waals surface area contributed by atoms with Crippen LogP contribution >= 0.6 is 0 Å². The van der Waals surface area contributed by atoms with Gasteiger partial charge >= 0.3 is 0 Å². The van der Waals surface area contributed by atoms with Gasteiger partial charge in [0.2, 0.25) is 5.91 Å². The Hall–Kier alpha value is -3.15. The summed E-state index contributed by atoms with van der Waals surface area (Å²) in [5.41, 5.74) is 3.27. The lowest BCUT2D eigenvalue weighted by Crippen LogP contribution is -2.49. The minimum atomic E-state index is 0.0476. The molecule has 0 unspecified atom stereocenters. The van der Waals surface area contributed by atoms with Gasteiger partial charge in [-0.1, -0.05) is 66.7 Å². The number of carbonyl (C=O) groups is 1. The van der Waals surface area contributed by atoms with Gasteiger partial charge in [0, 0.05) is 38.4 Å². The molecular weight excluding hydrogens is 398 g/mol. The molecule has 0 atom stereocenters. The van der Waals surface area contributed by atoms with E-state index in [1.165, 1.54) is 5.56 Å². The third kappa shape index (κ3) is 6.67. The summed E-state index contributed by atoms with van der Waals surface area (Å²) < 4.78 is 5.80. The summed E-state index contributed by atoms with van der Waals surface area (Å²) in [5.74, 6) is 0.960. The number of nitrogens with one attached hydrogen (secondary N) is 1. The normalized spacial score (nSPS) is 14.8. The Morgan fingerprint density at radius 3 is 2.16 bits per heavy atom. The highest BCUT2D eigenvalue weighted by Crippen LogP contribution is 2.19. The molecule has 1 aliphatic rings. The molecule has 32 heavy (non-hydrogen) atoms. The van der Waals surface area contributed by atoms with Gasteiger partial charge in [-0.2, -0.15) is 0 Å². The van der Waals surface area contributed by atoms with Crippen LogP contribution in [-0.4, -0.2) is 61.6 Å². The van der Waals surface area contributed by atoms with Crippen molar-refractivity contribution in [2.75, 3.05) is 51.2 Å².